The topological polar surface area (TPSA) is 58.6 Å². The molecule has 1 heterocycles. The van der Waals surface area contributed by atoms with Crippen LogP contribution in [0.5, 0.6) is 5.75 Å². The number of ether oxygens (including phenoxy) is 1. The molecule has 0 fully saturated rings. The third-order valence-corrected chi connectivity index (χ3v) is 5.25. The summed E-state index contributed by atoms with van der Waals surface area (Å²) in [5.41, 5.74) is 1.53. The minimum Gasteiger partial charge on any atom is -0.435 e. The van der Waals surface area contributed by atoms with Crippen LogP contribution in [0, 0.1) is 0 Å². The summed E-state index contributed by atoms with van der Waals surface area (Å²) in [5, 5.41) is 2.70. The number of hydrogen-bond acceptors (Lipinski definition) is 4. The van der Waals surface area contributed by atoms with Gasteiger partial charge in [0.05, 0.1) is 5.69 Å². The first-order valence-electron chi connectivity index (χ1n) is 8.85. The molecule has 2 amide bonds. The molecular weight excluding hydrogens is 386 g/mol. The molecule has 0 spiro atoms. The van der Waals surface area contributed by atoms with Crippen molar-refractivity contribution in [2.75, 3.05) is 17.2 Å². The number of thioether (sulfide) groups is 1. The van der Waals surface area contributed by atoms with E-state index < -0.39 is 6.61 Å². The van der Waals surface area contributed by atoms with Crippen LogP contribution in [0.25, 0.3) is 0 Å². The number of alkyl halides is 2. The van der Waals surface area contributed by atoms with Gasteiger partial charge in [-0.05, 0) is 29.8 Å². The second-order valence-corrected chi connectivity index (χ2v) is 7.30. The Kier molecular flexibility index (Phi) is 6.86. The van der Waals surface area contributed by atoms with Gasteiger partial charge in [-0.15, -0.1) is 11.8 Å². The highest BCUT2D eigenvalue weighted by Gasteiger charge is 2.22. The lowest BCUT2D eigenvalue weighted by Gasteiger charge is -2.29. The standard InChI is InChI=1S/C20H20F2N2O3S/c21-20(22)27-15-5-3-4-14(12-15)13-23-18(25)8-9-19(26)24-10-11-28-17-7-2-1-6-16(17)24/h1-7,12,20H,8-11,13H2,(H,23,25). The molecule has 1 aliphatic heterocycles. The van der Waals surface area contributed by atoms with Gasteiger partial charge in [0.15, 0.2) is 0 Å². The second kappa shape index (κ2) is 9.54. The number of nitrogens with one attached hydrogen (secondary N) is 1. The van der Waals surface area contributed by atoms with Gasteiger partial charge in [-0.3, -0.25) is 9.59 Å². The summed E-state index contributed by atoms with van der Waals surface area (Å²) in [6.07, 6.45) is 0.178. The number of nitrogens with zero attached hydrogens (tertiary/aromatic N) is 1. The third kappa shape index (κ3) is 5.45. The molecule has 2 aromatic carbocycles. The zero-order valence-electron chi connectivity index (χ0n) is 15.1. The van der Waals surface area contributed by atoms with Gasteiger partial charge in [-0.25, -0.2) is 0 Å². The van der Waals surface area contributed by atoms with Crippen LogP contribution in [0.1, 0.15) is 18.4 Å². The van der Waals surface area contributed by atoms with Crippen molar-refractivity contribution in [3.05, 3.63) is 54.1 Å². The van der Waals surface area contributed by atoms with Gasteiger partial charge in [0.2, 0.25) is 11.8 Å². The maximum atomic E-state index is 12.5. The Bertz CT molecular complexity index is 848. The number of rotatable bonds is 7. The van der Waals surface area contributed by atoms with Gasteiger partial charge in [0.1, 0.15) is 5.75 Å². The highest BCUT2D eigenvalue weighted by Crippen LogP contribution is 2.34. The predicted octanol–water partition coefficient (Wildman–Crippen LogP) is 3.82. The number of carbonyl (C=O) groups is 2. The molecular formula is C20H20F2N2O3S. The Morgan fingerprint density at radius 3 is 2.79 bits per heavy atom. The minimum atomic E-state index is -2.89. The lowest BCUT2D eigenvalue weighted by Crippen LogP contribution is -2.36. The van der Waals surface area contributed by atoms with Crippen molar-refractivity contribution in [2.24, 2.45) is 0 Å². The van der Waals surface area contributed by atoms with Crippen molar-refractivity contribution in [1.29, 1.82) is 0 Å². The number of fused-ring (bicyclic) bond motifs is 1. The fourth-order valence-electron chi connectivity index (χ4n) is 2.90. The summed E-state index contributed by atoms with van der Waals surface area (Å²) in [6, 6.07) is 13.9. The number of amides is 2. The molecule has 8 heteroatoms. The molecule has 3 rings (SSSR count). The van der Waals surface area contributed by atoms with Gasteiger partial charge in [0, 0.05) is 36.6 Å². The number of hydrogen-bond donors (Lipinski definition) is 1. The van der Waals surface area contributed by atoms with E-state index in [0.29, 0.717) is 12.1 Å². The molecule has 5 nitrogen and oxygen atoms in total. The molecule has 148 valence electrons. The van der Waals surface area contributed by atoms with Crippen molar-refractivity contribution in [3.8, 4) is 5.75 Å². The molecule has 28 heavy (non-hydrogen) atoms. The van der Waals surface area contributed by atoms with E-state index in [9.17, 15) is 18.4 Å². The van der Waals surface area contributed by atoms with Crippen molar-refractivity contribution < 1.29 is 23.1 Å². The minimum absolute atomic E-state index is 0.0403. The second-order valence-electron chi connectivity index (χ2n) is 6.16. The number of para-hydroxylation sites is 1. The van der Waals surface area contributed by atoms with E-state index in [2.05, 4.69) is 10.1 Å². The normalized spacial score (nSPS) is 13.2. The van der Waals surface area contributed by atoms with Crippen molar-refractivity contribution in [1.82, 2.24) is 5.32 Å². The van der Waals surface area contributed by atoms with E-state index in [1.165, 1.54) is 12.1 Å². The predicted molar refractivity (Wildman–Crippen MR) is 104 cm³/mol. The molecule has 0 radical (unpaired) electrons. The Balaban J connectivity index is 1.48. The number of benzene rings is 2. The van der Waals surface area contributed by atoms with E-state index in [1.807, 2.05) is 24.3 Å². The van der Waals surface area contributed by atoms with E-state index in [4.69, 9.17) is 0 Å². The van der Waals surface area contributed by atoms with Crippen LogP contribution in [0.2, 0.25) is 0 Å². The van der Waals surface area contributed by atoms with Crippen molar-refractivity contribution in [2.45, 2.75) is 30.9 Å². The van der Waals surface area contributed by atoms with Crippen molar-refractivity contribution in [3.63, 3.8) is 0 Å². The van der Waals surface area contributed by atoms with Crippen LogP contribution < -0.4 is 15.0 Å². The first kappa shape index (κ1) is 20.1. The van der Waals surface area contributed by atoms with Crippen LogP contribution in [0.4, 0.5) is 14.5 Å². The Morgan fingerprint density at radius 1 is 1.14 bits per heavy atom. The Hall–Kier alpha value is -2.61. The fourth-order valence-corrected chi connectivity index (χ4v) is 3.90. The van der Waals surface area contributed by atoms with Gasteiger partial charge in [-0.2, -0.15) is 8.78 Å². The summed E-state index contributed by atoms with van der Waals surface area (Å²) >= 11 is 1.71. The highest BCUT2D eigenvalue weighted by atomic mass is 32.2. The smallest absolute Gasteiger partial charge is 0.387 e. The highest BCUT2D eigenvalue weighted by molar-refractivity contribution is 7.99. The van der Waals surface area contributed by atoms with Crippen LogP contribution in [-0.4, -0.2) is 30.7 Å². The summed E-state index contributed by atoms with van der Waals surface area (Å²) in [6.45, 7) is -2.09. The molecule has 0 saturated carbocycles. The van der Waals surface area contributed by atoms with E-state index in [1.54, 1.807) is 28.8 Å². The molecule has 0 saturated heterocycles. The third-order valence-electron chi connectivity index (χ3n) is 4.21. The number of carbonyl (C=O) groups excluding carboxylic acids is 2. The van der Waals surface area contributed by atoms with Crippen molar-refractivity contribution >= 4 is 29.3 Å². The van der Waals surface area contributed by atoms with Crippen LogP contribution in [0.15, 0.2) is 53.4 Å². The first-order chi connectivity index (χ1) is 13.5. The first-order valence-corrected chi connectivity index (χ1v) is 9.84. The molecule has 0 aromatic heterocycles. The summed E-state index contributed by atoms with van der Waals surface area (Å²) in [7, 11) is 0. The summed E-state index contributed by atoms with van der Waals surface area (Å²) in [5.74, 6) is 0.508. The van der Waals surface area contributed by atoms with Crippen LogP contribution in [0.3, 0.4) is 0 Å². The van der Waals surface area contributed by atoms with Gasteiger partial charge >= 0.3 is 6.61 Å². The van der Waals surface area contributed by atoms with E-state index >= 15 is 0 Å². The monoisotopic (exact) mass is 406 g/mol. The van der Waals surface area contributed by atoms with Gasteiger partial charge in [-0.1, -0.05) is 24.3 Å². The van der Waals surface area contributed by atoms with E-state index in [-0.39, 0.29) is 37.0 Å². The zero-order valence-corrected chi connectivity index (χ0v) is 15.9. The van der Waals surface area contributed by atoms with Gasteiger partial charge < -0.3 is 15.0 Å². The maximum absolute atomic E-state index is 12.5. The lowest BCUT2D eigenvalue weighted by atomic mass is 10.2. The summed E-state index contributed by atoms with van der Waals surface area (Å²) < 4.78 is 28.9. The largest absolute Gasteiger partial charge is 0.435 e. The van der Waals surface area contributed by atoms with E-state index in [0.717, 1.165) is 16.3 Å². The van der Waals surface area contributed by atoms with Crippen LogP contribution in [-0.2, 0) is 16.1 Å². The quantitative estimate of drug-likeness (QED) is 0.760. The number of anilines is 1. The Labute approximate surface area is 166 Å². The van der Waals surface area contributed by atoms with Gasteiger partial charge in [0.25, 0.3) is 0 Å². The molecule has 1 aliphatic rings. The molecule has 0 unspecified atom stereocenters. The average Bonchev–Trinajstić information content (AvgIpc) is 2.70. The lowest BCUT2D eigenvalue weighted by molar-refractivity contribution is -0.125. The fraction of sp³-hybridized carbons (Fsp3) is 0.300. The molecule has 0 bridgehead atoms. The average molecular weight is 406 g/mol. The molecule has 2 aromatic rings. The molecule has 0 atom stereocenters. The maximum Gasteiger partial charge on any atom is 0.387 e. The zero-order chi connectivity index (χ0) is 19.9. The molecule has 0 aliphatic carbocycles. The van der Waals surface area contributed by atoms with Crippen LogP contribution >= 0.6 is 11.8 Å². The Morgan fingerprint density at radius 2 is 1.96 bits per heavy atom. The SMILES string of the molecule is O=C(CCC(=O)N1CCSc2ccccc21)NCc1cccc(OC(F)F)c1. The number of halogens is 2. The summed E-state index contributed by atoms with van der Waals surface area (Å²) in [4.78, 5) is 27.4. The molecule has 1 N–H and O–H groups in total.